The molecular formula is C38H35N5O5. The molecule has 48 heavy (non-hydrogen) atoms. The number of nitrogens with zero attached hydrogens (tertiary/aromatic N) is 3. The number of carbonyl (C=O) groups excluding carboxylic acids is 5. The number of carbonyl (C=O) groups is 5. The maximum Gasteiger partial charge on any atom is 0.319 e. The maximum atomic E-state index is 14.2. The first kappa shape index (κ1) is 30.9. The molecule has 10 nitrogen and oxygen atoms in total. The van der Waals surface area contributed by atoms with Gasteiger partial charge in [-0.15, -0.1) is 0 Å². The van der Waals surface area contributed by atoms with E-state index in [-0.39, 0.29) is 29.6 Å². The van der Waals surface area contributed by atoms with Crippen molar-refractivity contribution >= 4 is 46.7 Å². The number of urea groups is 1. The highest BCUT2D eigenvalue weighted by molar-refractivity contribution is 6.23. The van der Waals surface area contributed by atoms with Gasteiger partial charge in [-0.05, 0) is 66.8 Å². The fourth-order valence-electron chi connectivity index (χ4n) is 7.02. The lowest BCUT2D eigenvalue weighted by Gasteiger charge is -2.31. The van der Waals surface area contributed by atoms with E-state index in [1.54, 1.807) is 46.2 Å². The molecule has 242 valence electrons. The molecule has 1 aliphatic carbocycles. The second-order valence-corrected chi connectivity index (χ2v) is 12.3. The molecule has 4 aromatic rings. The molecule has 2 aliphatic heterocycles. The first-order valence-corrected chi connectivity index (χ1v) is 16.2. The van der Waals surface area contributed by atoms with Crippen LogP contribution < -0.4 is 20.4 Å². The van der Waals surface area contributed by atoms with E-state index in [9.17, 15) is 24.0 Å². The van der Waals surface area contributed by atoms with Crippen molar-refractivity contribution in [1.29, 1.82) is 0 Å². The molecule has 2 heterocycles. The van der Waals surface area contributed by atoms with E-state index in [0.717, 1.165) is 28.9 Å². The molecule has 0 bridgehead atoms. The van der Waals surface area contributed by atoms with E-state index >= 15 is 0 Å². The molecule has 3 aliphatic rings. The molecule has 4 aromatic carbocycles. The monoisotopic (exact) mass is 641 g/mol. The molecule has 10 heteroatoms. The van der Waals surface area contributed by atoms with E-state index in [2.05, 4.69) is 10.6 Å². The fraction of sp³-hybridized carbons (Fsp3) is 0.237. The fourth-order valence-corrected chi connectivity index (χ4v) is 7.02. The maximum absolute atomic E-state index is 14.2. The number of hydrogen-bond acceptors (Lipinski definition) is 5. The van der Waals surface area contributed by atoms with Gasteiger partial charge in [0, 0.05) is 18.3 Å². The van der Waals surface area contributed by atoms with Crippen LogP contribution in [0, 0.1) is 5.92 Å². The van der Waals surface area contributed by atoms with E-state index < -0.39 is 36.2 Å². The molecule has 7 rings (SSSR count). The summed E-state index contributed by atoms with van der Waals surface area (Å²) in [6.45, 7) is 0.361. The predicted molar refractivity (Wildman–Crippen MR) is 182 cm³/mol. The summed E-state index contributed by atoms with van der Waals surface area (Å²) in [6.07, 6.45) is 2.78. The molecule has 1 fully saturated rings. The van der Waals surface area contributed by atoms with Crippen LogP contribution in [0.2, 0.25) is 0 Å². The lowest BCUT2D eigenvalue weighted by molar-refractivity contribution is -0.123. The highest BCUT2D eigenvalue weighted by Gasteiger charge is 2.47. The van der Waals surface area contributed by atoms with Crippen LogP contribution in [0.1, 0.15) is 51.1 Å². The van der Waals surface area contributed by atoms with Crippen LogP contribution >= 0.6 is 0 Å². The zero-order valence-corrected chi connectivity index (χ0v) is 26.3. The molecule has 2 N–H and O–H groups in total. The summed E-state index contributed by atoms with van der Waals surface area (Å²) < 4.78 is 0. The van der Waals surface area contributed by atoms with Crippen LogP contribution in [-0.2, 0) is 22.6 Å². The van der Waals surface area contributed by atoms with Gasteiger partial charge in [0.15, 0.2) is 0 Å². The molecule has 0 aromatic heterocycles. The number of fused-ring (bicyclic) bond motifs is 3. The zero-order chi connectivity index (χ0) is 33.2. The Labute approximate surface area is 278 Å². The average molecular weight is 642 g/mol. The minimum absolute atomic E-state index is 0.0685. The third-order valence-electron chi connectivity index (χ3n) is 9.36. The molecule has 6 amide bonds. The van der Waals surface area contributed by atoms with Crippen LogP contribution in [0.3, 0.4) is 0 Å². The van der Waals surface area contributed by atoms with Crippen molar-refractivity contribution in [3.05, 3.63) is 125 Å². The number of imide groups is 1. The Morgan fingerprint density at radius 2 is 1.33 bits per heavy atom. The Bertz CT molecular complexity index is 1860. The smallest absolute Gasteiger partial charge is 0.319 e. The van der Waals surface area contributed by atoms with Crippen molar-refractivity contribution in [2.24, 2.45) is 5.92 Å². The quantitative estimate of drug-likeness (QED) is 0.250. The second kappa shape index (κ2) is 13.2. The molecule has 0 spiro atoms. The third kappa shape index (κ3) is 5.92. The molecule has 2 atom stereocenters. The predicted octanol–water partition coefficient (Wildman–Crippen LogP) is 5.40. The first-order valence-electron chi connectivity index (χ1n) is 16.2. The number of rotatable bonds is 8. The van der Waals surface area contributed by atoms with Gasteiger partial charge in [0.25, 0.3) is 11.8 Å². The standard InChI is InChI=1S/C38H35N5O5/c44-34(24-42-35(45)28-11-4-5-12-29(28)36(42)46)43-31-16-8-13-30(31)37(47)41(32-14-6-7-15-33(32)43)23-26-17-19-27(20-18-26)40-38(48)39-22-21-25-9-2-1-3-10-25/h1-7,9-12,14-15,17-20,30-31H,8,13,16,21-24H2,(H2,39,40,48)/t30-,31+/m0/s1. The summed E-state index contributed by atoms with van der Waals surface area (Å²) in [6, 6.07) is 30.5. The normalized spacial score (nSPS) is 18.2. The third-order valence-corrected chi connectivity index (χ3v) is 9.36. The van der Waals surface area contributed by atoms with E-state index in [1.807, 2.05) is 66.7 Å². The summed E-state index contributed by atoms with van der Waals surface area (Å²) in [4.78, 5) is 71.3. The largest absolute Gasteiger partial charge is 0.338 e. The van der Waals surface area contributed by atoms with Crippen LogP contribution in [-0.4, -0.2) is 53.7 Å². The van der Waals surface area contributed by atoms with Crippen molar-refractivity contribution in [2.75, 3.05) is 28.2 Å². The molecule has 1 saturated carbocycles. The number of amides is 6. The average Bonchev–Trinajstić information content (AvgIpc) is 3.65. The van der Waals surface area contributed by atoms with Crippen molar-refractivity contribution < 1.29 is 24.0 Å². The van der Waals surface area contributed by atoms with E-state index in [1.165, 1.54) is 0 Å². The zero-order valence-electron chi connectivity index (χ0n) is 26.3. The molecular weight excluding hydrogens is 606 g/mol. The number of hydrogen-bond donors (Lipinski definition) is 2. The minimum Gasteiger partial charge on any atom is -0.338 e. The van der Waals surface area contributed by atoms with Crippen LogP contribution in [0.15, 0.2) is 103 Å². The summed E-state index contributed by atoms with van der Waals surface area (Å²) >= 11 is 0. The van der Waals surface area contributed by atoms with Crippen LogP contribution in [0.4, 0.5) is 21.9 Å². The van der Waals surface area contributed by atoms with Gasteiger partial charge < -0.3 is 20.4 Å². The van der Waals surface area contributed by atoms with Crippen molar-refractivity contribution in [1.82, 2.24) is 10.2 Å². The van der Waals surface area contributed by atoms with E-state index in [0.29, 0.717) is 36.4 Å². The lowest BCUT2D eigenvalue weighted by Crippen LogP contribution is -2.49. The van der Waals surface area contributed by atoms with Crippen LogP contribution in [0.5, 0.6) is 0 Å². The van der Waals surface area contributed by atoms with Gasteiger partial charge in [-0.1, -0.05) is 73.2 Å². The Morgan fingerprint density at radius 1 is 0.688 bits per heavy atom. The van der Waals surface area contributed by atoms with Crippen molar-refractivity contribution in [3.63, 3.8) is 0 Å². The Kier molecular flexibility index (Phi) is 8.46. The topological polar surface area (TPSA) is 119 Å². The van der Waals surface area contributed by atoms with Gasteiger partial charge in [-0.25, -0.2) is 4.79 Å². The Morgan fingerprint density at radius 3 is 2.04 bits per heavy atom. The Balaban J connectivity index is 1.07. The van der Waals surface area contributed by atoms with Gasteiger partial charge in [0.2, 0.25) is 11.8 Å². The number of para-hydroxylation sites is 2. The van der Waals surface area contributed by atoms with E-state index in [4.69, 9.17) is 0 Å². The Hall–Kier alpha value is -5.77. The molecule has 0 saturated heterocycles. The first-order chi connectivity index (χ1) is 23.4. The van der Waals surface area contributed by atoms with Gasteiger partial charge in [-0.2, -0.15) is 0 Å². The van der Waals surface area contributed by atoms with Gasteiger partial charge in [0.05, 0.1) is 35.0 Å². The number of nitrogens with one attached hydrogen (secondary N) is 2. The van der Waals surface area contributed by atoms with Crippen molar-refractivity contribution in [2.45, 2.75) is 38.3 Å². The van der Waals surface area contributed by atoms with Crippen LogP contribution in [0.25, 0.3) is 0 Å². The highest BCUT2D eigenvalue weighted by atomic mass is 16.2. The van der Waals surface area contributed by atoms with Gasteiger partial charge in [0.1, 0.15) is 6.54 Å². The highest BCUT2D eigenvalue weighted by Crippen LogP contribution is 2.43. The lowest BCUT2D eigenvalue weighted by atomic mass is 10.0. The summed E-state index contributed by atoms with van der Waals surface area (Å²) in [5, 5.41) is 5.73. The summed E-state index contributed by atoms with van der Waals surface area (Å²) in [7, 11) is 0. The van der Waals surface area contributed by atoms with Crippen molar-refractivity contribution in [3.8, 4) is 0 Å². The number of anilines is 3. The molecule has 0 radical (unpaired) electrons. The summed E-state index contributed by atoms with van der Waals surface area (Å²) in [5.74, 6) is -1.88. The van der Waals surface area contributed by atoms with Gasteiger partial charge >= 0.3 is 6.03 Å². The van der Waals surface area contributed by atoms with Gasteiger partial charge in [-0.3, -0.25) is 24.1 Å². The second-order valence-electron chi connectivity index (χ2n) is 12.3. The number of benzene rings is 4. The molecule has 0 unspecified atom stereocenters. The summed E-state index contributed by atoms with van der Waals surface area (Å²) in [5.41, 5.74) is 4.37. The SMILES string of the molecule is O=C(NCCc1ccccc1)Nc1ccc(CN2C(=O)[C@H]3CCC[C@H]3N(C(=O)CN3C(=O)c4ccccc4C3=O)c3ccccc32)cc1. The minimum atomic E-state index is -0.490.